The summed E-state index contributed by atoms with van der Waals surface area (Å²) in [5.74, 6) is 1.01. The van der Waals surface area contributed by atoms with Crippen LogP contribution in [0.15, 0.2) is 0 Å². The molecule has 0 radical (unpaired) electrons. The molecule has 1 aliphatic rings. The van der Waals surface area contributed by atoms with Gasteiger partial charge in [-0.25, -0.2) is 0 Å². The maximum Gasteiger partial charge on any atom is 0.0687 e. The minimum atomic E-state index is -0.307. The Labute approximate surface area is 99.3 Å². The number of hydrogen-bond donors (Lipinski definition) is 3. The van der Waals surface area contributed by atoms with Gasteiger partial charge in [0.05, 0.1) is 12.2 Å². The largest absolute Gasteiger partial charge is 0.392 e. The molecule has 0 amide bonds. The van der Waals surface area contributed by atoms with Gasteiger partial charge in [0.2, 0.25) is 0 Å². The van der Waals surface area contributed by atoms with Gasteiger partial charge in [-0.05, 0) is 18.3 Å². The molecule has 2 atom stereocenters. The monoisotopic (exact) mass is 229 g/mol. The van der Waals surface area contributed by atoms with Crippen LogP contribution in [0.25, 0.3) is 0 Å². The Hall–Kier alpha value is -0.120. The van der Waals surface area contributed by atoms with E-state index in [1.807, 2.05) is 13.8 Å². The van der Waals surface area contributed by atoms with Crippen molar-refractivity contribution >= 4 is 0 Å². The highest BCUT2D eigenvalue weighted by atomic mass is 16.3. The second-order valence-corrected chi connectivity index (χ2v) is 5.51. The minimum Gasteiger partial charge on any atom is -0.392 e. The van der Waals surface area contributed by atoms with Gasteiger partial charge in [-0.15, -0.1) is 0 Å². The number of aliphatic hydroxyl groups excluding tert-OH is 2. The first kappa shape index (κ1) is 13.9. The fraction of sp³-hybridized carbons (Fsp3) is 1.00. The third-order valence-electron chi connectivity index (χ3n) is 3.58. The van der Waals surface area contributed by atoms with Crippen LogP contribution in [0.4, 0.5) is 0 Å². The van der Waals surface area contributed by atoms with E-state index in [0.717, 1.165) is 12.3 Å². The van der Waals surface area contributed by atoms with Crippen LogP contribution in [0.2, 0.25) is 0 Å². The first-order valence-corrected chi connectivity index (χ1v) is 6.66. The average Bonchev–Trinajstić information content (AvgIpc) is 2.70. The summed E-state index contributed by atoms with van der Waals surface area (Å²) in [6, 6.07) is 0. The zero-order valence-corrected chi connectivity index (χ0v) is 10.7. The summed E-state index contributed by atoms with van der Waals surface area (Å²) in [5.41, 5.74) is 0. The predicted octanol–water partition coefficient (Wildman–Crippen LogP) is 1.53. The zero-order chi connectivity index (χ0) is 12.0. The number of nitrogens with one attached hydrogen (secondary N) is 1. The minimum absolute atomic E-state index is 0.248. The molecule has 1 rings (SSSR count). The molecule has 0 aromatic heterocycles. The third kappa shape index (κ3) is 5.28. The van der Waals surface area contributed by atoms with Gasteiger partial charge in [0.15, 0.2) is 0 Å². The standard InChI is InChI=1S/C13H27NO2/c1-10(2)13(16)9-14-8-12(15)7-11-5-3-4-6-11/h10-16H,3-9H2,1-2H3. The highest BCUT2D eigenvalue weighted by Crippen LogP contribution is 2.28. The lowest BCUT2D eigenvalue weighted by Gasteiger charge is -2.19. The SMILES string of the molecule is CC(C)C(O)CNCC(O)CC1CCCC1. The van der Waals surface area contributed by atoms with Crippen LogP contribution in [0.1, 0.15) is 46.0 Å². The van der Waals surface area contributed by atoms with Gasteiger partial charge in [-0.2, -0.15) is 0 Å². The van der Waals surface area contributed by atoms with E-state index in [9.17, 15) is 10.2 Å². The molecular weight excluding hydrogens is 202 g/mol. The second kappa shape index (κ2) is 7.25. The van der Waals surface area contributed by atoms with Crippen molar-refractivity contribution in [1.82, 2.24) is 5.32 Å². The van der Waals surface area contributed by atoms with Crippen LogP contribution in [0, 0.1) is 11.8 Å². The summed E-state index contributed by atoms with van der Waals surface area (Å²) < 4.78 is 0. The van der Waals surface area contributed by atoms with E-state index in [1.54, 1.807) is 0 Å². The van der Waals surface area contributed by atoms with Crippen molar-refractivity contribution < 1.29 is 10.2 Å². The molecule has 0 aliphatic heterocycles. The predicted molar refractivity (Wildman–Crippen MR) is 66.3 cm³/mol. The summed E-state index contributed by atoms with van der Waals surface area (Å²) in [4.78, 5) is 0. The molecule has 0 spiro atoms. The van der Waals surface area contributed by atoms with E-state index < -0.39 is 0 Å². The summed E-state index contributed by atoms with van der Waals surface area (Å²) in [7, 11) is 0. The maximum absolute atomic E-state index is 9.82. The molecule has 0 bridgehead atoms. The van der Waals surface area contributed by atoms with Gasteiger partial charge in [0, 0.05) is 13.1 Å². The number of hydrogen-bond acceptors (Lipinski definition) is 3. The lowest BCUT2D eigenvalue weighted by Crippen LogP contribution is -2.35. The highest BCUT2D eigenvalue weighted by molar-refractivity contribution is 4.73. The Morgan fingerprint density at radius 3 is 2.31 bits per heavy atom. The Bertz CT molecular complexity index is 179. The van der Waals surface area contributed by atoms with E-state index in [-0.39, 0.29) is 18.1 Å². The summed E-state index contributed by atoms with van der Waals surface area (Å²) in [5, 5.41) is 22.5. The van der Waals surface area contributed by atoms with E-state index >= 15 is 0 Å². The van der Waals surface area contributed by atoms with Gasteiger partial charge in [-0.1, -0.05) is 39.5 Å². The van der Waals surface area contributed by atoms with Gasteiger partial charge in [0.25, 0.3) is 0 Å². The van der Waals surface area contributed by atoms with Gasteiger partial charge in [0.1, 0.15) is 0 Å². The quantitative estimate of drug-likeness (QED) is 0.620. The van der Waals surface area contributed by atoms with Crippen molar-refractivity contribution in [3.05, 3.63) is 0 Å². The molecule has 96 valence electrons. The fourth-order valence-corrected chi connectivity index (χ4v) is 2.35. The highest BCUT2D eigenvalue weighted by Gasteiger charge is 2.18. The average molecular weight is 229 g/mol. The molecule has 3 heteroatoms. The Balaban J connectivity index is 2.03. The summed E-state index contributed by atoms with van der Waals surface area (Å²) in [6.45, 7) is 5.20. The molecular formula is C13H27NO2. The smallest absolute Gasteiger partial charge is 0.0687 e. The van der Waals surface area contributed by atoms with Gasteiger partial charge >= 0.3 is 0 Å². The second-order valence-electron chi connectivity index (χ2n) is 5.51. The Morgan fingerprint density at radius 2 is 1.75 bits per heavy atom. The fourth-order valence-electron chi connectivity index (χ4n) is 2.35. The van der Waals surface area contributed by atoms with Crippen molar-refractivity contribution in [3.63, 3.8) is 0 Å². The topological polar surface area (TPSA) is 52.5 Å². The Morgan fingerprint density at radius 1 is 1.12 bits per heavy atom. The molecule has 3 N–H and O–H groups in total. The molecule has 3 nitrogen and oxygen atoms in total. The molecule has 1 fully saturated rings. The van der Waals surface area contributed by atoms with Crippen LogP contribution in [0.5, 0.6) is 0 Å². The van der Waals surface area contributed by atoms with Crippen molar-refractivity contribution in [2.45, 2.75) is 58.2 Å². The van der Waals surface area contributed by atoms with Crippen LogP contribution < -0.4 is 5.32 Å². The zero-order valence-electron chi connectivity index (χ0n) is 10.7. The first-order valence-electron chi connectivity index (χ1n) is 6.66. The van der Waals surface area contributed by atoms with E-state index in [2.05, 4.69) is 5.32 Å². The van der Waals surface area contributed by atoms with Crippen molar-refractivity contribution in [2.75, 3.05) is 13.1 Å². The van der Waals surface area contributed by atoms with Crippen LogP contribution in [-0.2, 0) is 0 Å². The lowest BCUT2D eigenvalue weighted by molar-refractivity contribution is 0.106. The van der Waals surface area contributed by atoms with Gasteiger partial charge in [-0.3, -0.25) is 0 Å². The number of aliphatic hydroxyl groups is 2. The van der Waals surface area contributed by atoms with Gasteiger partial charge < -0.3 is 15.5 Å². The molecule has 0 heterocycles. The van der Waals surface area contributed by atoms with Crippen molar-refractivity contribution in [2.24, 2.45) is 11.8 Å². The van der Waals surface area contributed by atoms with Crippen LogP contribution >= 0.6 is 0 Å². The Kier molecular flexibility index (Phi) is 6.32. The summed E-state index contributed by atoms with van der Waals surface area (Å²) >= 11 is 0. The van der Waals surface area contributed by atoms with E-state index in [0.29, 0.717) is 13.1 Å². The van der Waals surface area contributed by atoms with Crippen LogP contribution in [0.3, 0.4) is 0 Å². The van der Waals surface area contributed by atoms with Crippen molar-refractivity contribution in [3.8, 4) is 0 Å². The summed E-state index contributed by atoms with van der Waals surface area (Å²) in [6.07, 6.45) is 5.59. The molecule has 0 aromatic rings. The van der Waals surface area contributed by atoms with Crippen molar-refractivity contribution in [1.29, 1.82) is 0 Å². The maximum atomic E-state index is 9.82. The molecule has 16 heavy (non-hydrogen) atoms. The molecule has 2 unspecified atom stereocenters. The molecule has 1 saturated carbocycles. The van der Waals surface area contributed by atoms with Crippen LogP contribution in [-0.4, -0.2) is 35.5 Å². The molecule has 1 aliphatic carbocycles. The van der Waals surface area contributed by atoms with E-state index in [1.165, 1.54) is 25.7 Å². The lowest BCUT2D eigenvalue weighted by atomic mass is 10.00. The first-order chi connectivity index (χ1) is 7.59. The van der Waals surface area contributed by atoms with E-state index in [4.69, 9.17) is 0 Å². The third-order valence-corrected chi connectivity index (χ3v) is 3.58. The normalized spacial score (nSPS) is 21.6. The molecule has 0 saturated heterocycles. The number of rotatable bonds is 7. The molecule has 0 aromatic carbocycles.